The van der Waals surface area contributed by atoms with Crippen LogP contribution in [-0.4, -0.2) is 11.3 Å². The summed E-state index contributed by atoms with van der Waals surface area (Å²) in [6.45, 7) is 5.34. The van der Waals surface area contributed by atoms with Gasteiger partial charge in [0.1, 0.15) is 0 Å². The van der Waals surface area contributed by atoms with Crippen molar-refractivity contribution in [3.63, 3.8) is 0 Å². The van der Waals surface area contributed by atoms with E-state index in [9.17, 15) is 0 Å². The predicted octanol–water partition coefficient (Wildman–Crippen LogP) is 3.60. The van der Waals surface area contributed by atoms with E-state index in [0.717, 1.165) is 12.5 Å². The maximum Gasteiger partial charge on any atom is 0.0354 e. The van der Waals surface area contributed by atoms with E-state index in [1.165, 1.54) is 29.7 Å². The zero-order chi connectivity index (χ0) is 11.6. The van der Waals surface area contributed by atoms with Crippen LogP contribution in [-0.2, 0) is 0 Å². The second-order valence-corrected chi connectivity index (χ2v) is 6.39. The average molecular weight is 235 g/mol. The van der Waals surface area contributed by atoms with Crippen molar-refractivity contribution in [3.05, 3.63) is 29.8 Å². The van der Waals surface area contributed by atoms with E-state index < -0.39 is 0 Å². The van der Waals surface area contributed by atoms with Gasteiger partial charge in [-0.05, 0) is 37.3 Å². The number of hydrogen-bond donors (Lipinski definition) is 1. The van der Waals surface area contributed by atoms with Crippen LogP contribution in [0.5, 0.6) is 0 Å². The molecule has 1 aromatic rings. The molecule has 1 fully saturated rings. The predicted molar refractivity (Wildman–Crippen MR) is 71.8 cm³/mol. The molecule has 2 unspecified atom stereocenters. The second kappa shape index (κ2) is 4.80. The largest absolute Gasteiger partial charge is 0.329 e. The van der Waals surface area contributed by atoms with Crippen LogP contribution in [0.4, 0.5) is 0 Å². The van der Waals surface area contributed by atoms with E-state index in [4.69, 9.17) is 5.73 Å². The summed E-state index contributed by atoms with van der Waals surface area (Å²) in [7, 11) is 0. The Bertz CT molecular complexity index is 364. The number of aryl methyl sites for hydroxylation is 1. The molecule has 88 valence electrons. The van der Waals surface area contributed by atoms with E-state index in [1.807, 2.05) is 11.8 Å². The summed E-state index contributed by atoms with van der Waals surface area (Å²) in [4.78, 5) is 1.40. The molecule has 16 heavy (non-hydrogen) atoms. The second-order valence-electron chi connectivity index (χ2n) is 4.93. The molecule has 1 aromatic carbocycles. The van der Waals surface area contributed by atoms with Crippen LogP contribution in [0.25, 0.3) is 0 Å². The molecular weight excluding hydrogens is 214 g/mol. The standard InChI is InChI=1S/C14H21NS/c1-11-6-3-4-8-13(11)16-14(10-15)9-5-7-12(14)2/h3-4,6,8,12H,5,7,9-10,15H2,1-2H3. The number of thioether (sulfide) groups is 1. The normalized spacial score (nSPS) is 29.6. The van der Waals surface area contributed by atoms with Gasteiger partial charge in [0.15, 0.2) is 0 Å². The van der Waals surface area contributed by atoms with Crippen LogP contribution < -0.4 is 5.73 Å². The summed E-state index contributed by atoms with van der Waals surface area (Å²) in [5, 5.41) is 0. The van der Waals surface area contributed by atoms with E-state index >= 15 is 0 Å². The molecule has 2 atom stereocenters. The molecule has 2 heteroatoms. The van der Waals surface area contributed by atoms with Crippen LogP contribution in [0.15, 0.2) is 29.2 Å². The topological polar surface area (TPSA) is 26.0 Å². The first kappa shape index (κ1) is 12.0. The summed E-state index contributed by atoms with van der Waals surface area (Å²) >= 11 is 2.01. The van der Waals surface area contributed by atoms with E-state index in [-0.39, 0.29) is 4.75 Å². The molecule has 0 bridgehead atoms. The van der Waals surface area contributed by atoms with Crippen molar-refractivity contribution in [3.8, 4) is 0 Å². The lowest BCUT2D eigenvalue weighted by molar-refractivity contribution is 0.476. The van der Waals surface area contributed by atoms with Crippen LogP contribution in [0, 0.1) is 12.8 Å². The Kier molecular flexibility index (Phi) is 3.60. The van der Waals surface area contributed by atoms with Crippen molar-refractivity contribution >= 4 is 11.8 Å². The monoisotopic (exact) mass is 235 g/mol. The van der Waals surface area contributed by atoms with Crippen molar-refractivity contribution in [1.29, 1.82) is 0 Å². The van der Waals surface area contributed by atoms with E-state index in [2.05, 4.69) is 38.1 Å². The lowest BCUT2D eigenvalue weighted by Gasteiger charge is -2.32. The van der Waals surface area contributed by atoms with Crippen molar-refractivity contribution < 1.29 is 0 Å². The molecule has 0 aliphatic heterocycles. The molecule has 2 rings (SSSR count). The molecular formula is C14H21NS. The van der Waals surface area contributed by atoms with Gasteiger partial charge in [-0.25, -0.2) is 0 Å². The molecule has 0 heterocycles. The molecule has 1 aliphatic rings. The van der Waals surface area contributed by atoms with Gasteiger partial charge in [0.25, 0.3) is 0 Å². The molecule has 0 amide bonds. The van der Waals surface area contributed by atoms with Gasteiger partial charge < -0.3 is 5.73 Å². The number of rotatable bonds is 3. The fourth-order valence-electron chi connectivity index (χ4n) is 2.60. The zero-order valence-electron chi connectivity index (χ0n) is 10.2. The van der Waals surface area contributed by atoms with Crippen molar-refractivity contribution in [2.45, 2.75) is 42.8 Å². The Morgan fingerprint density at radius 3 is 2.75 bits per heavy atom. The zero-order valence-corrected chi connectivity index (χ0v) is 11.0. The fraction of sp³-hybridized carbons (Fsp3) is 0.571. The lowest BCUT2D eigenvalue weighted by Crippen LogP contribution is -2.36. The summed E-state index contributed by atoms with van der Waals surface area (Å²) < 4.78 is 0.284. The van der Waals surface area contributed by atoms with Gasteiger partial charge in [0, 0.05) is 16.2 Å². The van der Waals surface area contributed by atoms with Gasteiger partial charge in [-0.2, -0.15) is 0 Å². The highest BCUT2D eigenvalue weighted by atomic mass is 32.2. The van der Waals surface area contributed by atoms with Gasteiger partial charge >= 0.3 is 0 Å². The summed E-state index contributed by atoms with van der Waals surface area (Å²) in [5.74, 6) is 0.738. The third-order valence-corrected chi connectivity index (χ3v) is 5.75. The quantitative estimate of drug-likeness (QED) is 0.866. The van der Waals surface area contributed by atoms with Gasteiger partial charge in [0.05, 0.1) is 0 Å². The smallest absolute Gasteiger partial charge is 0.0354 e. The lowest BCUT2D eigenvalue weighted by atomic mass is 9.97. The van der Waals surface area contributed by atoms with Gasteiger partial charge in [0.2, 0.25) is 0 Å². The third kappa shape index (κ3) is 2.14. The van der Waals surface area contributed by atoms with E-state index in [1.54, 1.807) is 0 Å². The summed E-state index contributed by atoms with van der Waals surface area (Å²) in [6, 6.07) is 8.64. The molecule has 1 aliphatic carbocycles. The van der Waals surface area contributed by atoms with E-state index in [0.29, 0.717) is 0 Å². The fourth-order valence-corrected chi connectivity index (χ4v) is 4.07. The SMILES string of the molecule is Cc1ccccc1SC1(CN)CCCC1C. The van der Waals surface area contributed by atoms with Gasteiger partial charge in [-0.1, -0.05) is 31.5 Å². The first-order valence-corrected chi connectivity index (χ1v) is 6.94. The van der Waals surface area contributed by atoms with Gasteiger partial charge in [-0.3, -0.25) is 0 Å². The average Bonchev–Trinajstić information content (AvgIpc) is 2.64. The van der Waals surface area contributed by atoms with Crippen LogP contribution in [0.3, 0.4) is 0 Å². The molecule has 0 radical (unpaired) electrons. The van der Waals surface area contributed by atoms with Crippen molar-refractivity contribution in [2.75, 3.05) is 6.54 Å². The molecule has 2 N–H and O–H groups in total. The first-order chi connectivity index (χ1) is 7.68. The third-order valence-electron chi connectivity index (χ3n) is 3.89. The Balaban J connectivity index is 2.22. The summed E-state index contributed by atoms with van der Waals surface area (Å²) in [6.07, 6.45) is 3.93. The molecule has 1 nitrogen and oxygen atoms in total. The number of hydrogen-bond acceptors (Lipinski definition) is 2. The highest BCUT2D eigenvalue weighted by Crippen LogP contribution is 2.48. The number of nitrogens with two attached hydrogens (primary N) is 1. The molecule has 0 spiro atoms. The van der Waals surface area contributed by atoms with Crippen molar-refractivity contribution in [2.24, 2.45) is 11.7 Å². The highest BCUT2D eigenvalue weighted by molar-refractivity contribution is 8.00. The Morgan fingerprint density at radius 2 is 2.19 bits per heavy atom. The highest BCUT2D eigenvalue weighted by Gasteiger charge is 2.40. The number of benzene rings is 1. The Morgan fingerprint density at radius 1 is 1.44 bits per heavy atom. The van der Waals surface area contributed by atoms with Crippen LogP contribution in [0.2, 0.25) is 0 Å². The minimum atomic E-state index is 0.284. The molecule has 0 aromatic heterocycles. The Labute approximate surface area is 103 Å². The summed E-state index contributed by atoms with van der Waals surface area (Å²) in [5.41, 5.74) is 7.41. The molecule has 1 saturated carbocycles. The van der Waals surface area contributed by atoms with Crippen LogP contribution in [0.1, 0.15) is 31.7 Å². The Hall–Kier alpha value is -0.470. The van der Waals surface area contributed by atoms with Crippen molar-refractivity contribution in [1.82, 2.24) is 0 Å². The molecule has 0 saturated heterocycles. The van der Waals surface area contributed by atoms with Crippen LogP contribution >= 0.6 is 11.8 Å². The maximum atomic E-state index is 6.04. The maximum absolute atomic E-state index is 6.04. The first-order valence-electron chi connectivity index (χ1n) is 6.13. The minimum absolute atomic E-state index is 0.284. The minimum Gasteiger partial charge on any atom is -0.329 e. The van der Waals surface area contributed by atoms with Gasteiger partial charge in [-0.15, -0.1) is 11.8 Å².